The Bertz CT molecular complexity index is 710. The molecule has 1 saturated heterocycles. The molecule has 2 rings (SSSR count). The first-order chi connectivity index (χ1) is 14.4. The fourth-order valence-electron chi connectivity index (χ4n) is 3.63. The maximum atomic E-state index is 13.3. The molecule has 2 N–H and O–H groups in total. The van der Waals surface area contributed by atoms with E-state index >= 15 is 0 Å². The molecule has 1 aliphatic rings. The fraction of sp³-hybridized carbons (Fsp3) is 0.609. The van der Waals surface area contributed by atoms with Crippen LogP contribution in [0.25, 0.3) is 0 Å². The number of hydrogen-bond acceptors (Lipinski definition) is 3. The van der Waals surface area contributed by atoms with Crippen LogP contribution < -0.4 is 10.6 Å². The summed E-state index contributed by atoms with van der Waals surface area (Å²) in [5, 5.41) is 5.89. The van der Waals surface area contributed by atoms with E-state index < -0.39 is 6.04 Å². The number of rotatable bonds is 8. The highest BCUT2D eigenvalue weighted by Crippen LogP contribution is 2.16. The van der Waals surface area contributed by atoms with Crippen molar-refractivity contribution in [3.63, 3.8) is 0 Å². The second kappa shape index (κ2) is 11.6. The van der Waals surface area contributed by atoms with Gasteiger partial charge in [-0.3, -0.25) is 9.59 Å². The molecule has 3 atom stereocenters. The van der Waals surface area contributed by atoms with Crippen molar-refractivity contribution in [2.24, 2.45) is 5.92 Å². The van der Waals surface area contributed by atoms with E-state index in [2.05, 4.69) is 17.6 Å². The lowest BCUT2D eigenvalue weighted by molar-refractivity contribution is -0.136. The van der Waals surface area contributed by atoms with Gasteiger partial charge in [0.15, 0.2) is 0 Å². The Balaban J connectivity index is 2.01. The zero-order chi connectivity index (χ0) is 22.1. The van der Waals surface area contributed by atoms with Crippen LogP contribution >= 0.6 is 0 Å². The van der Waals surface area contributed by atoms with E-state index in [-0.39, 0.29) is 29.8 Å². The zero-order valence-electron chi connectivity index (χ0n) is 18.7. The lowest BCUT2D eigenvalue weighted by Crippen LogP contribution is -2.61. The maximum Gasteiger partial charge on any atom is 0.317 e. The van der Waals surface area contributed by atoms with E-state index in [9.17, 15) is 14.4 Å². The lowest BCUT2D eigenvalue weighted by Gasteiger charge is -2.41. The molecule has 0 aromatic heterocycles. The Kier molecular flexibility index (Phi) is 9.15. The molecule has 7 nitrogen and oxygen atoms in total. The number of urea groups is 1. The van der Waals surface area contributed by atoms with Crippen molar-refractivity contribution in [3.05, 3.63) is 35.9 Å². The Hall–Kier alpha value is -2.57. The zero-order valence-corrected chi connectivity index (χ0v) is 18.7. The summed E-state index contributed by atoms with van der Waals surface area (Å²) in [5.41, 5.74) is 0.542. The van der Waals surface area contributed by atoms with E-state index in [0.29, 0.717) is 31.7 Å². The summed E-state index contributed by atoms with van der Waals surface area (Å²) < 4.78 is 0. The van der Waals surface area contributed by atoms with Gasteiger partial charge in [-0.15, -0.1) is 0 Å². The molecule has 1 aromatic rings. The van der Waals surface area contributed by atoms with Crippen LogP contribution in [0.4, 0.5) is 4.79 Å². The molecule has 7 heteroatoms. The molecule has 4 amide bonds. The summed E-state index contributed by atoms with van der Waals surface area (Å²) in [6, 6.07) is 8.22. The summed E-state index contributed by atoms with van der Waals surface area (Å²) in [6.07, 6.45) is 2.76. The van der Waals surface area contributed by atoms with E-state index in [1.165, 1.54) is 0 Å². The first-order valence-corrected chi connectivity index (χ1v) is 11.1. The number of hydrogen-bond donors (Lipinski definition) is 2. The van der Waals surface area contributed by atoms with Gasteiger partial charge in [0.25, 0.3) is 5.91 Å². The number of amides is 4. The van der Waals surface area contributed by atoms with Crippen LogP contribution in [-0.4, -0.2) is 65.9 Å². The molecule has 1 heterocycles. The predicted molar refractivity (Wildman–Crippen MR) is 118 cm³/mol. The molecule has 0 unspecified atom stereocenters. The largest absolute Gasteiger partial charge is 0.340 e. The highest BCUT2D eigenvalue weighted by atomic mass is 16.2. The molecular weight excluding hydrogens is 380 g/mol. The lowest BCUT2D eigenvalue weighted by atomic mass is 9.96. The van der Waals surface area contributed by atoms with Gasteiger partial charge in [0.2, 0.25) is 5.91 Å². The normalized spacial score (nSPS) is 18.5. The minimum absolute atomic E-state index is 0.0100. The van der Waals surface area contributed by atoms with Gasteiger partial charge in [-0.05, 0) is 31.4 Å². The number of carbonyl (C=O) groups is 3. The smallest absolute Gasteiger partial charge is 0.317 e. The first-order valence-electron chi connectivity index (χ1n) is 11.1. The molecule has 0 spiro atoms. The molecule has 1 fully saturated rings. The van der Waals surface area contributed by atoms with Gasteiger partial charge in [0.05, 0.1) is 0 Å². The number of benzene rings is 1. The average Bonchev–Trinajstić information content (AvgIpc) is 2.76. The van der Waals surface area contributed by atoms with Crippen molar-refractivity contribution in [1.29, 1.82) is 0 Å². The Morgan fingerprint density at radius 1 is 1.13 bits per heavy atom. The third-order valence-corrected chi connectivity index (χ3v) is 5.81. The van der Waals surface area contributed by atoms with Gasteiger partial charge in [0, 0.05) is 37.8 Å². The van der Waals surface area contributed by atoms with Crippen molar-refractivity contribution < 1.29 is 14.4 Å². The van der Waals surface area contributed by atoms with Gasteiger partial charge >= 0.3 is 6.03 Å². The third kappa shape index (κ3) is 6.21. The molecule has 0 aliphatic carbocycles. The minimum atomic E-state index is -0.583. The van der Waals surface area contributed by atoms with Gasteiger partial charge in [-0.1, -0.05) is 51.8 Å². The van der Waals surface area contributed by atoms with Crippen molar-refractivity contribution in [1.82, 2.24) is 20.4 Å². The first kappa shape index (κ1) is 23.7. The van der Waals surface area contributed by atoms with Crippen molar-refractivity contribution >= 4 is 17.8 Å². The summed E-state index contributed by atoms with van der Waals surface area (Å²) in [6.45, 7) is 10.1. The van der Waals surface area contributed by atoms with Crippen LogP contribution in [0, 0.1) is 5.92 Å². The van der Waals surface area contributed by atoms with Crippen LogP contribution in [-0.2, 0) is 4.79 Å². The quantitative estimate of drug-likeness (QED) is 0.640. The maximum absolute atomic E-state index is 13.3. The molecule has 166 valence electrons. The molecule has 0 bridgehead atoms. The number of carbonyl (C=O) groups excluding carboxylic acids is 3. The number of piperazine rings is 1. The predicted octanol–water partition coefficient (Wildman–Crippen LogP) is 2.87. The van der Waals surface area contributed by atoms with Crippen LogP contribution in [0.2, 0.25) is 0 Å². The minimum Gasteiger partial charge on any atom is -0.340 e. The highest BCUT2D eigenvalue weighted by molar-refractivity contribution is 5.97. The SMILES string of the molecule is CCCCNC(=O)N1CCN(C(=O)[C@@H](NC(=O)c2ccccc2)[C@@H](C)CC)C[C@@H]1C. The number of unbranched alkanes of at least 4 members (excludes halogenated alkanes) is 1. The topological polar surface area (TPSA) is 81.8 Å². The Morgan fingerprint density at radius 3 is 2.43 bits per heavy atom. The van der Waals surface area contributed by atoms with E-state index in [1.807, 2.05) is 26.8 Å². The second-order valence-electron chi connectivity index (χ2n) is 8.11. The standard InChI is InChI=1S/C23H36N4O3/c1-5-7-13-24-23(30)27-15-14-26(16-18(27)4)22(29)20(17(3)6-2)25-21(28)19-11-9-8-10-12-19/h8-12,17-18,20H,5-7,13-16H2,1-4H3,(H,24,30)(H,25,28)/t17-,18-,20-/m0/s1. The monoisotopic (exact) mass is 416 g/mol. The van der Waals surface area contributed by atoms with Gasteiger partial charge in [0.1, 0.15) is 6.04 Å². The summed E-state index contributed by atoms with van der Waals surface area (Å²) in [7, 11) is 0. The van der Waals surface area contributed by atoms with Crippen molar-refractivity contribution in [3.8, 4) is 0 Å². The van der Waals surface area contributed by atoms with Crippen LogP contribution in [0.5, 0.6) is 0 Å². The van der Waals surface area contributed by atoms with Gasteiger partial charge in [-0.25, -0.2) is 4.79 Å². The van der Waals surface area contributed by atoms with Crippen LogP contribution in [0.3, 0.4) is 0 Å². The van der Waals surface area contributed by atoms with Crippen molar-refractivity contribution in [2.45, 2.75) is 59.0 Å². The third-order valence-electron chi connectivity index (χ3n) is 5.81. The summed E-state index contributed by atoms with van der Waals surface area (Å²) >= 11 is 0. The summed E-state index contributed by atoms with van der Waals surface area (Å²) in [5.74, 6) is -0.307. The average molecular weight is 417 g/mol. The molecular formula is C23H36N4O3. The molecule has 0 saturated carbocycles. The van der Waals surface area contributed by atoms with Gasteiger partial charge in [-0.2, -0.15) is 0 Å². The molecule has 1 aromatic carbocycles. The number of nitrogens with one attached hydrogen (secondary N) is 2. The van der Waals surface area contributed by atoms with E-state index in [4.69, 9.17) is 0 Å². The van der Waals surface area contributed by atoms with Crippen LogP contribution in [0.1, 0.15) is 57.3 Å². The van der Waals surface area contributed by atoms with Crippen LogP contribution in [0.15, 0.2) is 30.3 Å². The van der Waals surface area contributed by atoms with E-state index in [1.54, 1.807) is 34.1 Å². The molecule has 0 radical (unpaired) electrons. The number of nitrogens with zero attached hydrogens (tertiary/aromatic N) is 2. The highest BCUT2D eigenvalue weighted by Gasteiger charge is 2.35. The summed E-state index contributed by atoms with van der Waals surface area (Å²) in [4.78, 5) is 41.9. The second-order valence-corrected chi connectivity index (χ2v) is 8.11. The Morgan fingerprint density at radius 2 is 1.83 bits per heavy atom. The van der Waals surface area contributed by atoms with Gasteiger partial charge < -0.3 is 20.4 Å². The molecule has 30 heavy (non-hydrogen) atoms. The van der Waals surface area contributed by atoms with Crippen molar-refractivity contribution in [2.75, 3.05) is 26.2 Å². The molecule has 1 aliphatic heterocycles. The fourth-order valence-corrected chi connectivity index (χ4v) is 3.63. The van der Waals surface area contributed by atoms with E-state index in [0.717, 1.165) is 19.3 Å². The Labute approximate surface area is 180 Å².